The zero-order chi connectivity index (χ0) is 20.1. The second-order valence-corrected chi connectivity index (χ2v) is 10.1. The van der Waals surface area contributed by atoms with E-state index < -0.39 is 10.0 Å². The summed E-state index contributed by atoms with van der Waals surface area (Å²) in [7, 11) is -1.91. The summed E-state index contributed by atoms with van der Waals surface area (Å²) in [5, 5.41) is 3.35. The topological polar surface area (TPSA) is 79.4 Å². The fraction of sp³-hybridized carbons (Fsp3) is 0.300. The van der Waals surface area contributed by atoms with Gasteiger partial charge in [0.15, 0.2) is 5.13 Å². The first-order valence-electron chi connectivity index (χ1n) is 9.03. The summed E-state index contributed by atoms with van der Waals surface area (Å²) >= 11 is 1.44. The highest BCUT2D eigenvalue weighted by atomic mass is 32.2. The molecule has 2 aromatic carbocycles. The third kappa shape index (κ3) is 3.43. The van der Waals surface area contributed by atoms with E-state index in [1.165, 1.54) is 39.9 Å². The molecular weight excluding hydrogens is 394 g/mol. The van der Waals surface area contributed by atoms with E-state index in [-0.39, 0.29) is 16.8 Å². The number of nitrogens with one attached hydrogen (secondary N) is 1. The van der Waals surface area contributed by atoms with Gasteiger partial charge in [0.2, 0.25) is 10.0 Å². The number of amides is 1. The predicted octanol–water partition coefficient (Wildman–Crippen LogP) is 3.95. The van der Waals surface area contributed by atoms with E-state index in [2.05, 4.69) is 10.3 Å². The van der Waals surface area contributed by atoms with E-state index >= 15 is 0 Å². The van der Waals surface area contributed by atoms with Crippen LogP contribution in [0.15, 0.2) is 41.3 Å². The van der Waals surface area contributed by atoms with Crippen molar-refractivity contribution in [3.8, 4) is 0 Å². The number of fused-ring (bicyclic) bond motifs is 1. The highest BCUT2D eigenvalue weighted by Crippen LogP contribution is 2.32. The van der Waals surface area contributed by atoms with Crippen LogP contribution < -0.4 is 5.32 Å². The van der Waals surface area contributed by atoms with Gasteiger partial charge in [0.1, 0.15) is 0 Å². The van der Waals surface area contributed by atoms with E-state index in [4.69, 9.17) is 0 Å². The Morgan fingerprint density at radius 3 is 2.36 bits per heavy atom. The monoisotopic (exact) mass is 415 g/mol. The molecule has 3 aromatic rings. The molecule has 1 heterocycles. The summed E-state index contributed by atoms with van der Waals surface area (Å²) in [6.07, 6.45) is 1.80. The predicted molar refractivity (Wildman–Crippen MR) is 111 cm³/mol. The normalized spacial score (nSPS) is 14.6. The van der Waals surface area contributed by atoms with Gasteiger partial charge in [-0.25, -0.2) is 13.4 Å². The molecule has 1 N–H and O–H groups in total. The number of aromatic nitrogens is 1. The van der Waals surface area contributed by atoms with Crippen molar-refractivity contribution in [2.45, 2.75) is 37.6 Å². The summed E-state index contributed by atoms with van der Waals surface area (Å²) < 4.78 is 27.6. The minimum atomic E-state index is -3.51. The maximum Gasteiger partial charge on any atom is 0.257 e. The molecule has 6 nitrogen and oxygen atoms in total. The number of anilines is 1. The van der Waals surface area contributed by atoms with Crippen molar-refractivity contribution in [2.24, 2.45) is 0 Å². The highest BCUT2D eigenvalue weighted by molar-refractivity contribution is 7.89. The molecule has 0 saturated heterocycles. The van der Waals surface area contributed by atoms with Crippen molar-refractivity contribution >= 4 is 42.6 Å². The molecule has 0 spiro atoms. The van der Waals surface area contributed by atoms with E-state index in [1.807, 2.05) is 26.0 Å². The molecule has 0 aliphatic heterocycles. The molecule has 1 fully saturated rings. The zero-order valence-corrected chi connectivity index (χ0v) is 17.5. The maximum atomic E-state index is 12.6. The van der Waals surface area contributed by atoms with Crippen LogP contribution in [0.25, 0.3) is 10.2 Å². The molecule has 0 bridgehead atoms. The minimum absolute atomic E-state index is 0.0962. The van der Waals surface area contributed by atoms with Crippen molar-refractivity contribution in [3.05, 3.63) is 53.1 Å². The number of benzene rings is 2. The molecule has 8 heteroatoms. The molecule has 1 amide bonds. The van der Waals surface area contributed by atoms with E-state index in [9.17, 15) is 13.2 Å². The number of thiazole rings is 1. The Balaban J connectivity index is 1.54. The molecule has 0 atom stereocenters. The molecular formula is C20H21N3O3S2. The number of carbonyl (C=O) groups is 1. The lowest BCUT2D eigenvalue weighted by atomic mass is 10.1. The van der Waals surface area contributed by atoms with Crippen LogP contribution in [0.2, 0.25) is 0 Å². The van der Waals surface area contributed by atoms with Gasteiger partial charge in [-0.3, -0.25) is 10.1 Å². The van der Waals surface area contributed by atoms with Gasteiger partial charge >= 0.3 is 0 Å². The van der Waals surface area contributed by atoms with Crippen molar-refractivity contribution in [3.63, 3.8) is 0 Å². The second-order valence-electron chi connectivity index (χ2n) is 7.13. The molecule has 146 valence electrons. The van der Waals surface area contributed by atoms with Crippen LogP contribution in [0.3, 0.4) is 0 Å². The van der Waals surface area contributed by atoms with Gasteiger partial charge in [0.05, 0.1) is 15.1 Å². The smallest absolute Gasteiger partial charge is 0.257 e. The molecule has 0 radical (unpaired) electrons. The van der Waals surface area contributed by atoms with Crippen molar-refractivity contribution < 1.29 is 13.2 Å². The van der Waals surface area contributed by atoms with Gasteiger partial charge < -0.3 is 0 Å². The molecule has 4 rings (SSSR count). The summed E-state index contributed by atoms with van der Waals surface area (Å²) in [6.45, 7) is 4.01. The average molecular weight is 416 g/mol. The van der Waals surface area contributed by atoms with Crippen LogP contribution in [0.5, 0.6) is 0 Å². The maximum absolute atomic E-state index is 12.6. The number of carbonyl (C=O) groups excluding carboxylic acids is 1. The number of nitrogens with zero attached hydrogens (tertiary/aromatic N) is 2. The van der Waals surface area contributed by atoms with Crippen molar-refractivity contribution in [1.82, 2.24) is 9.29 Å². The molecule has 1 aliphatic carbocycles. The summed E-state index contributed by atoms with van der Waals surface area (Å²) in [4.78, 5) is 17.3. The zero-order valence-electron chi connectivity index (χ0n) is 15.9. The third-order valence-electron chi connectivity index (χ3n) is 5.02. The fourth-order valence-corrected chi connectivity index (χ4v) is 5.48. The van der Waals surface area contributed by atoms with Gasteiger partial charge in [-0.15, -0.1) is 0 Å². The van der Waals surface area contributed by atoms with E-state index in [0.29, 0.717) is 10.7 Å². The Bertz CT molecular complexity index is 1120. The summed E-state index contributed by atoms with van der Waals surface area (Å²) in [5.74, 6) is -0.311. The van der Waals surface area contributed by atoms with Crippen LogP contribution in [-0.4, -0.2) is 36.7 Å². The van der Waals surface area contributed by atoms with E-state index in [1.54, 1.807) is 7.05 Å². The standard InChI is InChI=1S/C20H21N3O3S2/c1-12-4-5-13(2)18-17(12)21-20(27-18)22-19(24)14-6-10-16(11-7-14)28(25,26)23(3)15-8-9-15/h4-7,10-11,15H,8-9H2,1-3H3,(H,21,22,24). The molecule has 1 aromatic heterocycles. The van der Waals surface area contributed by atoms with Crippen molar-refractivity contribution in [2.75, 3.05) is 12.4 Å². The fourth-order valence-electron chi connectivity index (χ4n) is 3.06. The Hall–Kier alpha value is -2.29. The quantitative estimate of drug-likeness (QED) is 0.684. The van der Waals surface area contributed by atoms with Crippen LogP contribution >= 0.6 is 11.3 Å². The van der Waals surface area contributed by atoms with Crippen LogP contribution in [0, 0.1) is 13.8 Å². The Kier molecular flexibility index (Phi) is 4.73. The lowest BCUT2D eigenvalue weighted by molar-refractivity contribution is 0.102. The lowest BCUT2D eigenvalue weighted by Crippen LogP contribution is -2.29. The lowest BCUT2D eigenvalue weighted by Gasteiger charge is -2.16. The molecule has 1 aliphatic rings. The van der Waals surface area contributed by atoms with Crippen LogP contribution in [0.4, 0.5) is 5.13 Å². The van der Waals surface area contributed by atoms with Gasteiger partial charge in [-0.2, -0.15) is 4.31 Å². The van der Waals surface area contributed by atoms with Crippen LogP contribution in [-0.2, 0) is 10.0 Å². The van der Waals surface area contributed by atoms with Crippen LogP contribution in [0.1, 0.15) is 34.3 Å². The third-order valence-corrected chi connectivity index (χ3v) is 8.05. The first-order chi connectivity index (χ1) is 13.3. The number of sulfonamides is 1. The SMILES string of the molecule is Cc1ccc(C)c2sc(NC(=O)c3ccc(S(=O)(=O)N(C)C4CC4)cc3)nc12. The first kappa shape index (κ1) is 19.0. The van der Waals surface area contributed by atoms with Gasteiger partial charge in [0.25, 0.3) is 5.91 Å². The first-order valence-corrected chi connectivity index (χ1v) is 11.3. The molecule has 28 heavy (non-hydrogen) atoms. The number of rotatable bonds is 5. The second kappa shape index (κ2) is 6.95. The Morgan fingerprint density at radius 2 is 1.75 bits per heavy atom. The number of aryl methyl sites for hydroxylation is 2. The minimum Gasteiger partial charge on any atom is -0.298 e. The largest absolute Gasteiger partial charge is 0.298 e. The summed E-state index contributed by atoms with van der Waals surface area (Å²) in [5.41, 5.74) is 3.46. The Labute approximate surface area is 168 Å². The van der Waals surface area contributed by atoms with E-state index in [0.717, 1.165) is 34.2 Å². The average Bonchev–Trinajstić information content (AvgIpc) is 3.43. The van der Waals surface area contributed by atoms with Gasteiger partial charge in [-0.05, 0) is 62.1 Å². The molecule has 1 saturated carbocycles. The van der Waals surface area contributed by atoms with Gasteiger partial charge in [0, 0.05) is 18.7 Å². The van der Waals surface area contributed by atoms with Gasteiger partial charge in [-0.1, -0.05) is 23.5 Å². The van der Waals surface area contributed by atoms with Crippen molar-refractivity contribution in [1.29, 1.82) is 0 Å². The molecule has 0 unspecified atom stereocenters. The number of hydrogen-bond donors (Lipinski definition) is 1. The summed E-state index contributed by atoms with van der Waals surface area (Å²) in [6, 6.07) is 10.2. The highest BCUT2D eigenvalue weighted by Gasteiger charge is 2.35. The Morgan fingerprint density at radius 1 is 1.11 bits per heavy atom. The number of hydrogen-bond acceptors (Lipinski definition) is 5.